The van der Waals surface area contributed by atoms with Gasteiger partial charge in [-0.1, -0.05) is 25.1 Å². The molecule has 0 radical (unpaired) electrons. The first-order valence-corrected chi connectivity index (χ1v) is 6.55. The molecule has 0 atom stereocenters. The molecule has 1 aromatic carbocycles. The van der Waals surface area contributed by atoms with Crippen LogP contribution in [0.5, 0.6) is 0 Å². The van der Waals surface area contributed by atoms with Gasteiger partial charge in [0, 0.05) is 24.0 Å². The third-order valence-corrected chi connectivity index (χ3v) is 3.13. The van der Waals surface area contributed by atoms with E-state index in [2.05, 4.69) is 55.4 Å². The lowest BCUT2D eigenvalue weighted by Crippen LogP contribution is -2.18. The Kier molecular flexibility index (Phi) is 4.15. The molecule has 3 nitrogen and oxygen atoms in total. The molecular formula is C15H21N3. The van der Waals surface area contributed by atoms with E-state index in [-0.39, 0.29) is 0 Å². The summed E-state index contributed by atoms with van der Waals surface area (Å²) in [5.74, 6) is 1.01. The Morgan fingerprint density at radius 3 is 2.72 bits per heavy atom. The van der Waals surface area contributed by atoms with Gasteiger partial charge in [0.05, 0.1) is 5.52 Å². The minimum absolute atomic E-state index is 0.897. The van der Waals surface area contributed by atoms with Crippen molar-refractivity contribution in [3.63, 3.8) is 0 Å². The molecule has 18 heavy (non-hydrogen) atoms. The van der Waals surface area contributed by atoms with Crippen molar-refractivity contribution in [1.29, 1.82) is 0 Å². The first kappa shape index (κ1) is 12.8. The van der Waals surface area contributed by atoms with Crippen molar-refractivity contribution in [1.82, 2.24) is 9.88 Å². The second-order valence-electron chi connectivity index (χ2n) is 4.55. The zero-order valence-corrected chi connectivity index (χ0v) is 11.4. The lowest BCUT2D eigenvalue weighted by atomic mass is 10.1. The molecule has 0 aliphatic heterocycles. The van der Waals surface area contributed by atoms with Crippen LogP contribution in [-0.4, -0.2) is 30.0 Å². The first-order chi connectivity index (χ1) is 8.74. The number of nitrogens with one attached hydrogen (secondary N) is 1. The summed E-state index contributed by atoms with van der Waals surface area (Å²) in [5, 5.41) is 4.57. The predicted molar refractivity (Wildman–Crippen MR) is 77.9 cm³/mol. The molecule has 0 unspecified atom stereocenters. The molecule has 0 fully saturated rings. The molecule has 0 bridgehead atoms. The highest BCUT2D eigenvalue weighted by molar-refractivity contribution is 5.81. The molecule has 1 aromatic heterocycles. The lowest BCUT2D eigenvalue weighted by molar-refractivity contribution is 0.346. The fraction of sp³-hybridized carbons (Fsp3) is 0.400. The fourth-order valence-corrected chi connectivity index (χ4v) is 2.00. The first-order valence-electron chi connectivity index (χ1n) is 6.55. The van der Waals surface area contributed by atoms with Gasteiger partial charge in [0.1, 0.15) is 5.82 Å². The number of hydrogen-bond acceptors (Lipinski definition) is 3. The maximum Gasteiger partial charge on any atom is 0.131 e. The highest BCUT2D eigenvalue weighted by atomic mass is 15.1. The minimum atomic E-state index is 0.897. The van der Waals surface area contributed by atoms with Gasteiger partial charge in [0.2, 0.25) is 0 Å². The van der Waals surface area contributed by atoms with Crippen LogP contribution < -0.4 is 5.32 Å². The molecule has 0 saturated carbocycles. The molecule has 0 aliphatic rings. The number of para-hydroxylation sites is 1. The van der Waals surface area contributed by atoms with E-state index >= 15 is 0 Å². The van der Waals surface area contributed by atoms with Crippen LogP contribution in [0.4, 0.5) is 5.82 Å². The summed E-state index contributed by atoms with van der Waals surface area (Å²) < 4.78 is 0. The molecule has 0 aliphatic carbocycles. The molecule has 0 amide bonds. The Labute approximate surface area is 109 Å². The molecule has 96 valence electrons. The van der Waals surface area contributed by atoms with Crippen molar-refractivity contribution in [3.8, 4) is 0 Å². The molecule has 0 spiro atoms. The van der Waals surface area contributed by atoms with Crippen molar-refractivity contribution in [3.05, 3.63) is 35.9 Å². The van der Waals surface area contributed by atoms with Crippen LogP contribution in [0.1, 0.15) is 19.4 Å². The molecule has 2 rings (SSSR count). The van der Waals surface area contributed by atoms with Gasteiger partial charge in [-0.3, -0.25) is 0 Å². The Morgan fingerprint density at radius 1 is 1.22 bits per heavy atom. The van der Waals surface area contributed by atoms with Gasteiger partial charge >= 0.3 is 0 Å². The van der Waals surface area contributed by atoms with E-state index in [4.69, 9.17) is 4.98 Å². The third kappa shape index (κ3) is 2.79. The van der Waals surface area contributed by atoms with E-state index in [0.29, 0.717) is 0 Å². The Balaban J connectivity index is 2.43. The number of pyridine rings is 1. The van der Waals surface area contributed by atoms with Crippen molar-refractivity contribution < 1.29 is 0 Å². The topological polar surface area (TPSA) is 28.2 Å². The molecule has 2 aromatic rings. The number of nitrogens with zero attached hydrogens (tertiary/aromatic N) is 2. The van der Waals surface area contributed by atoms with Gasteiger partial charge in [-0.25, -0.2) is 4.98 Å². The molecule has 3 heteroatoms. The van der Waals surface area contributed by atoms with E-state index in [1.54, 1.807) is 0 Å². The minimum Gasteiger partial charge on any atom is -0.370 e. The van der Waals surface area contributed by atoms with Crippen LogP contribution in [0.15, 0.2) is 30.3 Å². The number of hydrogen-bond donors (Lipinski definition) is 1. The van der Waals surface area contributed by atoms with E-state index in [0.717, 1.165) is 31.0 Å². The van der Waals surface area contributed by atoms with Gasteiger partial charge in [-0.05, 0) is 32.6 Å². The Hall–Kier alpha value is -1.61. The number of fused-ring (bicyclic) bond motifs is 1. The molecule has 1 N–H and O–H groups in total. The number of benzene rings is 1. The largest absolute Gasteiger partial charge is 0.370 e. The Bertz CT molecular complexity index is 522. The summed E-state index contributed by atoms with van der Waals surface area (Å²) in [6.45, 7) is 7.13. The van der Waals surface area contributed by atoms with Crippen LogP contribution in [0.3, 0.4) is 0 Å². The standard InChI is InChI=1S/C15H21N3/c1-4-16-15-13(11-18(3)5-2)10-12-8-6-7-9-14(12)17-15/h6-10H,4-5,11H2,1-3H3,(H,16,17). The highest BCUT2D eigenvalue weighted by Gasteiger charge is 2.07. The fourth-order valence-electron chi connectivity index (χ4n) is 2.00. The van der Waals surface area contributed by atoms with Crippen LogP contribution in [-0.2, 0) is 6.54 Å². The van der Waals surface area contributed by atoms with E-state index in [9.17, 15) is 0 Å². The van der Waals surface area contributed by atoms with Crippen molar-refractivity contribution in [2.45, 2.75) is 20.4 Å². The highest BCUT2D eigenvalue weighted by Crippen LogP contribution is 2.21. The number of rotatable bonds is 5. The maximum atomic E-state index is 4.71. The SMILES string of the molecule is CCNc1nc2ccccc2cc1CN(C)CC. The summed E-state index contributed by atoms with van der Waals surface area (Å²) in [5.41, 5.74) is 2.32. The second kappa shape index (κ2) is 5.83. The second-order valence-corrected chi connectivity index (χ2v) is 4.55. The van der Waals surface area contributed by atoms with Gasteiger partial charge in [-0.15, -0.1) is 0 Å². The maximum absolute atomic E-state index is 4.71. The number of aromatic nitrogens is 1. The third-order valence-electron chi connectivity index (χ3n) is 3.13. The summed E-state index contributed by atoms with van der Waals surface area (Å²) in [6.07, 6.45) is 0. The molecule has 0 saturated heterocycles. The average molecular weight is 243 g/mol. The van der Waals surface area contributed by atoms with Crippen LogP contribution in [0.2, 0.25) is 0 Å². The summed E-state index contributed by atoms with van der Waals surface area (Å²) in [7, 11) is 2.13. The Morgan fingerprint density at radius 2 is 2.00 bits per heavy atom. The molecule has 1 heterocycles. The van der Waals surface area contributed by atoms with Gasteiger partial charge < -0.3 is 10.2 Å². The van der Waals surface area contributed by atoms with Crippen molar-refractivity contribution in [2.24, 2.45) is 0 Å². The van der Waals surface area contributed by atoms with Crippen LogP contribution in [0.25, 0.3) is 10.9 Å². The smallest absolute Gasteiger partial charge is 0.131 e. The summed E-state index contributed by atoms with van der Waals surface area (Å²) in [6, 6.07) is 10.5. The van der Waals surface area contributed by atoms with Gasteiger partial charge in [0.25, 0.3) is 0 Å². The van der Waals surface area contributed by atoms with E-state index < -0.39 is 0 Å². The predicted octanol–water partition coefficient (Wildman–Crippen LogP) is 3.12. The van der Waals surface area contributed by atoms with Crippen molar-refractivity contribution >= 4 is 16.7 Å². The van der Waals surface area contributed by atoms with Gasteiger partial charge in [0.15, 0.2) is 0 Å². The molecular weight excluding hydrogens is 222 g/mol. The monoisotopic (exact) mass is 243 g/mol. The zero-order chi connectivity index (χ0) is 13.0. The van der Waals surface area contributed by atoms with Crippen molar-refractivity contribution in [2.75, 3.05) is 25.5 Å². The summed E-state index contributed by atoms with van der Waals surface area (Å²) in [4.78, 5) is 7.00. The van der Waals surface area contributed by atoms with Gasteiger partial charge in [-0.2, -0.15) is 0 Å². The van der Waals surface area contributed by atoms with E-state index in [1.807, 2.05) is 6.07 Å². The number of anilines is 1. The van der Waals surface area contributed by atoms with Crippen LogP contribution in [0, 0.1) is 0 Å². The zero-order valence-electron chi connectivity index (χ0n) is 11.4. The normalized spacial score (nSPS) is 11.1. The van der Waals surface area contributed by atoms with Crippen LogP contribution >= 0.6 is 0 Å². The summed E-state index contributed by atoms with van der Waals surface area (Å²) >= 11 is 0. The average Bonchev–Trinajstić information content (AvgIpc) is 2.39. The quantitative estimate of drug-likeness (QED) is 0.874. The van der Waals surface area contributed by atoms with E-state index in [1.165, 1.54) is 10.9 Å². The lowest BCUT2D eigenvalue weighted by Gasteiger charge is -2.17.